The van der Waals surface area contributed by atoms with E-state index in [4.69, 9.17) is 0 Å². The van der Waals surface area contributed by atoms with E-state index in [2.05, 4.69) is 9.47 Å². The molecule has 0 radical (unpaired) electrons. The molecule has 0 heterocycles. The van der Waals surface area contributed by atoms with E-state index >= 15 is 0 Å². The lowest BCUT2D eigenvalue weighted by atomic mass is 10.5. The number of allylic oxidation sites excluding steroid dienone is 2. The van der Waals surface area contributed by atoms with Crippen LogP contribution >= 0.6 is 0 Å². The predicted molar refractivity (Wildman–Crippen MR) is 46.9 cm³/mol. The number of rotatable bonds is 4. The summed E-state index contributed by atoms with van der Waals surface area (Å²) in [4.78, 5) is 10.7. The molecule has 0 fully saturated rings. The molecule has 0 aliphatic heterocycles. The van der Waals surface area contributed by atoms with Crippen molar-refractivity contribution in [2.45, 2.75) is 13.8 Å². The fourth-order valence-electron chi connectivity index (χ4n) is 0.466. The molecule has 3 heteroatoms. The van der Waals surface area contributed by atoms with Crippen molar-refractivity contribution in [3.05, 3.63) is 24.3 Å². The van der Waals surface area contributed by atoms with Crippen molar-refractivity contribution in [3.8, 4) is 0 Å². The van der Waals surface area contributed by atoms with Crippen LogP contribution in [0.5, 0.6) is 0 Å². The first-order chi connectivity index (χ1) is 5.81. The molecule has 0 saturated carbocycles. The second-order valence-corrected chi connectivity index (χ2v) is 2.01. The summed E-state index contributed by atoms with van der Waals surface area (Å²) in [7, 11) is 0. The topological polar surface area (TPSA) is 35.5 Å². The first kappa shape index (κ1) is 10.8. The van der Waals surface area contributed by atoms with Gasteiger partial charge in [0.05, 0.1) is 0 Å². The highest BCUT2D eigenvalue weighted by atomic mass is 16.7. The maximum absolute atomic E-state index is 10.7. The van der Waals surface area contributed by atoms with Crippen LogP contribution in [0.1, 0.15) is 13.8 Å². The van der Waals surface area contributed by atoms with E-state index in [1.165, 1.54) is 0 Å². The lowest BCUT2D eigenvalue weighted by Gasteiger charge is -2.00. The molecule has 0 aromatic heterocycles. The minimum absolute atomic E-state index is 0.269. The largest absolute Gasteiger partial charge is 0.508 e. The van der Waals surface area contributed by atoms with Gasteiger partial charge >= 0.3 is 6.16 Å². The summed E-state index contributed by atoms with van der Waals surface area (Å²) < 4.78 is 9.29. The highest BCUT2D eigenvalue weighted by Gasteiger charge is 1.98. The molecule has 0 unspecified atom stereocenters. The first-order valence-corrected chi connectivity index (χ1v) is 3.83. The average molecular weight is 170 g/mol. The Kier molecular flexibility index (Phi) is 7.03. The van der Waals surface area contributed by atoms with Crippen LogP contribution in [0.25, 0.3) is 0 Å². The number of hydrogen-bond acceptors (Lipinski definition) is 3. The van der Waals surface area contributed by atoms with Crippen LogP contribution in [0.2, 0.25) is 0 Å². The summed E-state index contributed by atoms with van der Waals surface area (Å²) in [5.41, 5.74) is 0. The zero-order chi connectivity index (χ0) is 9.23. The third-order valence-electron chi connectivity index (χ3n) is 1.07. The highest BCUT2D eigenvalue weighted by molar-refractivity contribution is 5.60. The molecule has 0 aliphatic carbocycles. The summed E-state index contributed by atoms with van der Waals surface area (Å²) in [6.45, 7) is 4.25. The molecule has 12 heavy (non-hydrogen) atoms. The molecule has 0 spiro atoms. The Bertz CT molecular complexity index is 153. The van der Waals surface area contributed by atoms with Gasteiger partial charge in [0.25, 0.3) is 0 Å². The molecule has 0 bridgehead atoms. The zero-order valence-corrected chi connectivity index (χ0v) is 7.45. The molecule has 0 N–H and O–H groups in total. The third-order valence-corrected chi connectivity index (χ3v) is 1.07. The summed E-state index contributed by atoms with van der Waals surface area (Å²) >= 11 is 0. The van der Waals surface area contributed by atoms with Crippen LogP contribution < -0.4 is 0 Å². The molecule has 0 atom stereocenters. The van der Waals surface area contributed by atoms with Crippen molar-refractivity contribution in [3.63, 3.8) is 0 Å². The summed E-state index contributed by atoms with van der Waals surface area (Å²) in [6, 6.07) is 0. The van der Waals surface area contributed by atoms with Crippen molar-refractivity contribution in [2.24, 2.45) is 0 Å². The Balaban J connectivity index is 3.33. The quantitative estimate of drug-likeness (QED) is 0.479. The van der Waals surface area contributed by atoms with Crippen LogP contribution in [0, 0.1) is 0 Å². The summed E-state index contributed by atoms with van der Waals surface area (Å²) in [5.74, 6) is 0. The number of hydrogen-bond donors (Lipinski definition) is 0. The van der Waals surface area contributed by atoms with E-state index in [0.29, 0.717) is 0 Å². The summed E-state index contributed by atoms with van der Waals surface area (Å²) in [5, 5.41) is 0. The Labute approximate surface area is 72.7 Å². The minimum atomic E-state index is -0.633. The van der Waals surface area contributed by atoms with E-state index in [-0.39, 0.29) is 13.2 Å². The van der Waals surface area contributed by atoms with E-state index in [1.54, 1.807) is 24.3 Å². The predicted octanol–water partition coefficient (Wildman–Crippen LogP) is 2.29. The SMILES string of the molecule is CC=CCOC(=O)OCC=CC. The number of ether oxygens (including phenoxy) is 2. The Morgan fingerprint density at radius 3 is 1.83 bits per heavy atom. The van der Waals surface area contributed by atoms with Gasteiger partial charge in [-0.05, 0) is 13.8 Å². The molecule has 3 nitrogen and oxygen atoms in total. The molecule has 0 aliphatic rings. The Morgan fingerprint density at radius 1 is 1.08 bits per heavy atom. The highest BCUT2D eigenvalue weighted by Crippen LogP contribution is 1.86. The molecule has 0 amide bonds. The van der Waals surface area contributed by atoms with Crippen molar-refractivity contribution in [1.82, 2.24) is 0 Å². The van der Waals surface area contributed by atoms with Gasteiger partial charge in [-0.2, -0.15) is 0 Å². The standard InChI is InChI=1S/C9H14O3/c1-3-5-7-11-9(10)12-8-6-4-2/h3-6H,7-8H2,1-2H3. The van der Waals surface area contributed by atoms with E-state index in [0.717, 1.165) is 0 Å². The minimum Gasteiger partial charge on any atom is -0.430 e. The van der Waals surface area contributed by atoms with Crippen molar-refractivity contribution >= 4 is 6.16 Å². The third kappa shape index (κ3) is 6.86. The van der Waals surface area contributed by atoms with Gasteiger partial charge in [0, 0.05) is 0 Å². The Hall–Kier alpha value is -1.25. The van der Waals surface area contributed by atoms with Crippen molar-refractivity contribution in [1.29, 1.82) is 0 Å². The summed E-state index contributed by atoms with van der Waals surface area (Å²) in [6.07, 6.45) is 6.44. The van der Waals surface area contributed by atoms with Gasteiger partial charge < -0.3 is 9.47 Å². The molecule has 0 aromatic rings. The van der Waals surface area contributed by atoms with Gasteiger partial charge in [-0.3, -0.25) is 0 Å². The average Bonchev–Trinajstić information content (AvgIpc) is 2.06. The Morgan fingerprint density at radius 2 is 1.50 bits per heavy atom. The van der Waals surface area contributed by atoms with Crippen LogP contribution in [0.15, 0.2) is 24.3 Å². The van der Waals surface area contributed by atoms with Crippen LogP contribution in [-0.4, -0.2) is 19.4 Å². The van der Waals surface area contributed by atoms with Gasteiger partial charge in [-0.15, -0.1) is 0 Å². The van der Waals surface area contributed by atoms with Crippen molar-refractivity contribution < 1.29 is 14.3 Å². The van der Waals surface area contributed by atoms with Crippen LogP contribution in [0.3, 0.4) is 0 Å². The van der Waals surface area contributed by atoms with Gasteiger partial charge in [-0.1, -0.05) is 24.3 Å². The van der Waals surface area contributed by atoms with E-state index < -0.39 is 6.16 Å². The monoisotopic (exact) mass is 170 g/mol. The van der Waals surface area contributed by atoms with Gasteiger partial charge in [-0.25, -0.2) is 4.79 Å². The number of carbonyl (C=O) groups is 1. The zero-order valence-electron chi connectivity index (χ0n) is 7.45. The second kappa shape index (κ2) is 7.85. The molecule has 0 aromatic carbocycles. The maximum atomic E-state index is 10.7. The van der Waals surface area contributed by atoms with Crippen molar-refractivity contribution in [2.75, 3.05) is 13.2 Å². The molecular formula is C9H14O3. The van der Waals surface area contributed by atoms with Crippen LogP contribution in [-0.2, 0) is 9.47 Å². The molecule has 0 saturated heterocycles. The molecule has 68 valence electrons. The van der Waals surface area contributed by atoms with Gasteiger partial charge in [0.1, 0.15) is 13.2 Å². The van der Waals surface area contributed by atoms with Gasteiger partial charge in [0.15, 0.2) is 0 Å². The fourth-order valence-corrected chi connectivity index (χ4v) is 0.466. The lowest BCUT2D eigenvalue weighted by Crippen LogP contribution is -2.07. The smallest absolute Gasteiger partial charge is 0.430 e. The van der Waals surface area contributed by atoms with E-state index in [1.807, 2.05) is 13.8 Å². The molecule has 0 rings (SSSR count). The van der Waals surface area contributed by atoms with E-state index in [9.17, 15) is 4.79 Å². The first-order valence-electron chi connectivity index (χ1n) is 3.83. The second-order valence-electron chi connectivity index (χ2n) is 2.01. The lowest BCUT2D eigenvalue weighted by molar-refractivity contribution is 0.0717. The van der Waals surface area contributed by atoms with Crippen LogP contribution in [0.4, 0.5) is 4.79 Å². The van der Waals surface area contributed by atoms with Gasteiger partial charge in [0.2, 0.25) is 0 Å². The molecular weight excluding hydrogens is 156 g/mol. The number of carbonyl (C=O) groups excluding carboxylic acids is 1. The fraction of sp³-hybridized carbons (Fsp3) is 0.444. The normalized spacial score (nSPS) is 10.8. The maximum Gasteiger partial charge on any atom is 0.508 e.